The average Bonchev–Trinajstić information content (AvgIpc) is 3.35. The number of halogens is 1. The fourth-order valence-electron chi connectivity index (χ4n) is 9.15. The van der Waals surface area contributed by atoms with E-state index in [0.717, 1.165) is 93.2 Å². The first-order valence-electron chi connectivity index (χ1n) is 25.3. The number of likely N-dealkylation sites (tertiary alicyclic amines) is 1. The number of aromatic nitrogens is 1. The monoisotopic (exact) mass is 938 g/mol. The highest BCUT2D eigenvalue weighted by Crippen LogP contribution is 2.32. The number of carbonyl (C=O) groups excluding carboxylic acids is 3. The molecule has 4 heterocycles. The summed E-state index contributed by atoms with van der Waals surface area (Å²) in [5.74, 6) is 1.05. The largest absolute Gasteiger partial charge is 0.382 e. The van der Waals surface area contributed by atoms with Gasteiger partial charge < -0.3 is 26.5 Å². The molecular formula is C55H84FN9O3. The van der Waals surface area contributed by atoms with Gasteiger partial charge in [0.25, 0.3) is 0 Å². The number of nitrogens with zero attached hydrogens (tertiary/aromatic N) is 5. The third-order valence-electron chi connectivity index (χ3n) is 13.1. The van der Waals surface area contributed by atoms with Gasteiger partial charge in [-0.1, -0.05) is 96.4 Å². The molecule has 1 aromatic heterocycles. The van der Waals surface area contributed by atoms with E-state index in [1.54, 1.807) is 19.1 Å². The van der Waals surface area contributed by atoms with Crippen LogP contribution >= 0.6 is 0 Å². The highest BCUT2D eigenvalue weighted by atomic mass is 19.1. The Balaban J connectivity index is 0.000000339. The van der Waals surface area contributed by atoms with Crippen LogP contribution in [0.15, 0.2) is 77.6 Å². The highest BCUT2D eigenvalue weighted by Gasteiger charge is 2.26. The van der Waals surface area contributed by atoms with E-state index in [2.05, 4.69) is 94.4 Å². The number of hydrazone groups is 1. The number of amides is 1. The molecule has 0 aliphatic carbocycles. The first-order valence-corrected chi connectivity index (χ1v) is 25.3. The molecule has 3 aromatic rings. The zero-order valence-corrected chi connectivity index (χ0v) is 43.0. The van der Waals surface area contributed by atoms with E-state index in [-0.39, 0.29) is 24.1 Å². The zero-order valence-electron chi connectivity index (χ0n) is 43.0. The molecule has 2 aromatic carbocycles. The summed E-state index contributed by atoms with van der Waals surface area (Å²) >= 11 is 0. The summed E-state index contributed by atoms with van der Waals surface area (Å²) in [5.41, 5.74) is 22.1. The Morgan fingerprint density at radius 1 is 0.926 bits per heavy atom. The molecule has 68 heavy (non-hydrogen) atoms. The number of primary amides is 1. The van der Waals surface area contributed by atoms with Crippen LogP contribution in [0, 0.1) is 18.7 Å². The van der Waals surface area contributed by atoms with Crippen LogP contribution < -0.4 is 27.1 Å². The summed E-state index contributed by atoms with van der Waals surface area (Å²) in [7, 11) is 0. The molecule has 0 spiro atoms. The first-order chi connectivity index (χ1) is 32.8. The summed E-state index contributed by atoms with van der Waals surface area (Å²) in [6.07, 6.45) is 16.5. The molecule has 0 bridgehead atoms. The minimum absolute atomic E-state index is 0.0199. The van der Waals surface area contributed by atoms with Crippen molar-refractivity contribution in [1.29, 1.82) is 0 Å². The Hall–Kier alpha value is -5.40. The van der Waals surface area contributed by atoms with Crippen LogP contribution in [0.4, 0.5) is 15.8 Å². The van der Waals surface area contributed by atoms with Crippen molar-refractivity contribution >= 4 is 41.3 Å². The highest BCUT2D eigenvalue weighted by molar-refractivity contribution is 5.94. The van der Waals surface area contributed by atoms with Crippen LogP contribution in [0.1, 0.15) is 158 Å². The van der Waals surface area contributed by atoms with E-state index in [1.165, 1.54) is 42.9 Å². The molecule has 13 heteroatoms. The van der Waals surface area contributed by atoms with Crippen LogP contribution in [0.25, 0.3) is 6.08 Å². The summed E-state index contributed by atoms with van der Waals surface area (Å²) < 4.78 is 14.8. The molecule has 3 unspecified atom stereocenters. The van der Waals surface area contributed by atoms with Crippen molar-refractivity contribution in [1.82, 2.24) is 20.2 Å². The predicted octanol–water partition coefficient (Wildman–Crippen LogP) is 10.2. The van der Waals surface area contributed by atoms with Crippen LogP contribution in [-0.2, 0) is 9.59 Å². The number of nitrogens with two attached hydrogens (primary N) is 2. The number of aryl methyl sites for hydroxylation is 1. The third-order valence-corrected chi connectivity index (χ3v) is 13.1. The number of rotatable bonds is 19. The van der Waals surface area contributed by atoms with Crippen molar-refractivity contribution in [3.8, 4) is 0 Å². The van der Waals surface area contributed by atoms with Gasteiger partial charge in [0.15, 0.2) is 5.78 Å². The molecule has 6 rings (SSSR count). The number of pyridine rings is 1. The summed E-state index contributed by atoms with van der Waals surface area (Å²) in [5, 5.41) is 7.12. The molecule has 2 saturated heterocycles. The number of amidine groups is 1. The van der Waals surface area contributed by atoms with E-state index >= 15 is 0 Å². The van der Waals surface area contributed by atoms with E-state index < -0.39 is 11.9 Å². The fraction of sp³-hybridized carbons (Fsp3) is 0.545. The molecule has 1 amide bonds. The Morgan fingerprint density at radius 3 is 2.12 bits per heavy atom. The minimum Gasteiger partial charge on any atom is -0.382 e. The summed E-state index contributed by atoms with van der Waals surface area (Å²) in [6, 6.07) is 14.8. The van der Waals surface area contributed by atoms with Gasteiger partial charge in [0.2, 0.25) is 5.91 Å². The quantitative estimate of drug-likeness (QED) is 0.0672. The number of anilines is 2. The van der Waals surface area contributed by atoms with E-state index in [0.29, 0.717) is 35.6 Å². The molecule has 3 aliphatic rings. The number of nitrogens with one attached hydrogen (secondary N) is 2. The Bertz CT molecular complexity index is 2080. The Labute approximate surface area is 408 Å². The van der Waals surface area contributed by atoms with E-state index in [4.69, 9.17) is 11.5 Å². The first kappa shape index (κ1) is 56.9. The van der Waals surface area contributed by atoms with Crippen LogP contribution in [-0.4, -0.2) is 96.5 Å². The van der Waals surface area contributed by atoms with Gasteiger partial charge in [0, 0.05) is 73.9 Å². The zero-order chi connectivity index (χ0) is 50.2. The number of piperidine rings is 1. The molecule has 6 N–H and O–H groups in total. The van der Waals surface area contributed by atoms with Gasteiger partial charge in [-0.15, -0.1) is 0 Å². The lowest BCUT2D eigenvalue weighted by molar-refractivity contribution is -0.119. The maximum absolute atomic E-state index is 14.8. The van der Waals surface area contributed by atoms with Crippen molar-refractivity contribution in [2.24, 2.45) is 22.5 Å². The Kier molecular flexibility index (Phi) is 25.2. The van der Waals surface area contributed by atoms with Crippen molar-refractivity contribution in [3.05, 3.63) is 106 Å². The Morgan fingerprint density at radius 2 is 1.57 bits per heavy atom. The van der Waals surface area contributed by atoms with Crippen LogP contribution in [0.3, 0.4) is 0 Å². The molecular weight excluding hydrogens is 854 g/mol. The van der Waals surface area contributed by atoms with E-state index in [1.807, 2.05) is 58.2 Å². The van der Waals surface area contributed by atoms with Gasteiger partial charge in [0.1, 0.15) is 24.0 Å². The number of aldehydes is 1. The fourth-order valence-corrected chi connectivity index (χ4v) is 9.15. The smallest absolute Gasteiger partial charge is 0.239 e. The van der Waals surface area contributed by atoms with Crippen molar-refractivity contribution < 1.29 is 18.8 Å². The summed E-state index contributed by atoms with van der Waals surface area (Å²) in [6.45, 7) is 27.4. The van der Waals surface area contributed by atoms with Crippen molar-refractivity contribution in [3.63, 3.8) is 0 Å². The normalized spacial score (nSPS) is 17.5. The lowest BCUT2D eigenvalue weighted by atomic mass is 9.87. The van der Waals surface area contributed by atoms with Gasteiger partial charge in [-0.2, -0.15) is 5.10 Å². The molecule has 12 nitrogen and oxygen atoms in total. The number of benzene rings is 2. The van der Waals surface area contributed by atoms with Crippen LogP contribution in [0.5, 0.6) is 0 Å². The number of carbonyl (C=O) groups is 3. The number of hydrogen-bond donors (Lipinski definition) is 4. The van der Waals surface area contributed by atoms with Gasteiger partial charge in [-0.3, -0.25) is 29.8 Å². The molecule has 3 aliphatic heterocycles. The topological polar surface area (TPSA) is 162 Å². The number of Topliss-reactive ketones (excluding diaryl/α,β-unsaturated/α-hetero) is 1. The molecule has 0 radical (unpaired) electrons. The lowest BCUT2D eigenvalue weighted by Crippen LogP contribution is -2.48. The molecule has 0 saturated carbocycles. The van der Waals surface area contributed by atoms with Gasteiger partial charge in [-0.25, -0.2) is 4.39 Å². The second-order valence-corrected chi connectivity index (χ2v) is 17.7. The maximum Gasteiger partial charge on any atom is 0.239 e. The number of hydrogen-bond acceptors (Lipinski definition) is 11. The lowest BCUT2D eigenvalue weighted by Gasteiger charge is -2.38. The average molecular weight is 938 g/mol. The van der Waals surface area contributed by atoms with Crippen molar-refractivity contribution in [2.45, 2.75) is 145 Å². The standard InChI is InChI=1S/C28H35N5O.C23H37FN4O2.2C2H6/c1-18(17-26-19(2)30-14-11-25(26)27-9-10-28(29)32-31-27)20(3)33-15-12-24(13-16-33)23-7-5-22(6-8-23)21(4)34;1-3-6-18(7-4-2)17-27-11-13-28(14-12-27)22-10-9-19(16-20(22)24)26-21(23(25)30)8-5-15-29;2*1-2/h5-11,14,17,20,24,27,31H,12-13,15-16H2,1-4H3,(H2,29,32);9-10,15-16,18,21,26H,3-8,11-14,17H2,1-2H3,(H2,25,30);2*1-2H3/b18-17+;;;. The molecule has 3 atom stereocenters. The second-order valence-electron chi connectivity index (χ2n) is 17.7. The van der Waals surface area contributed by atoms with Gasteiger partial charge in [0.05, 0.1) is 11.7 Å². The number of ketones is 1. The SMILES string of the molecule is CC.CC.CC(=O)c1ccc(C2CCN(C(C)/C(C)=C/c3c(C4C=CC(N)=NN4)ccnc3C)CC2)cc1.CCCC(CCC)CN1CCN(c2ccc(NC(CCC=O)C(N)=O)cc2F)CC1. The second kappa shape index (κ2) is 30.2. The van der Waals surface area contributed by atoms with Crippen molar-refractivity contribution in [2.75, 3.05) is 56.0 Å². The predicted molar refractivity (Wildman–Crippen MR) is 282 cm³/mol. The van der Waals surface area contributed by atoms with Crippen LogP contribution in [0.2, 0.25) is 0 Å². The third kappa shape index (κ3) is 17.3. The molecule has 2 fully saturated rings. The van der Waals surface area contributed by atoms with Gasteiger partial charge in [-0.05, 0) is 126 Å². The number of piperazine rings is 1. The minimum atomic E-state index is -0.691. The maximum atomic E-state index is 14.8. The van der Waals surface area contributed by atoms with Gasteiger partial charge >= 0.3 is 0 Å². The molecule has 374 valence electrons. The van der Waals surface area contributed by atoms with E-state index in [9.17, 15) is 18.8 Å². The summed E-state index contributed by atoms with van der Waals surface area (Å²) in [4.78, 5) is 45.4.